The Kier molecular flexibility index (Phi) is 4.49. The molecule has 0 fully saturated rings. The highest BCUT2D eigenvalue weighted by Gasteiger charge is 2.38. The Hall–Kier alpha value is -3.09. The summed E-state index contributed by atoms with van der Waals surface area (Å²) < 4.78 is 41.3. The molecule has 2 amide bonds. The number of hydrogen-bond acceptors (Lipinski definition) is 5. The van der Waals surface area contributed by atoms with E-state index in [4.69, 9.17) is 5.26 Å². The molecule has 10 heteroatoms. The maximum atomic E-state index is 12.4. The van der Waals surface area contributed by atoms with Crippen LogP contribution >= 0.6 is 0 Å². The van der Waals surface area contributed by atoms with Gasteiger partial charge in [-0.25, -0.2) is 9.69 Å². The second-order valence-corrected chi connectivity index (χ2v) is 4.44. The number of carbonyl (C=O) groups excluding carboxylic acids is 1. The lowest BCUT2D eigenvalue weighted by Gasteiger charge is -2.09. The van der Waals surface area contributed by atoms with E-state index in [1.54, 1.807) is 18.3 Å². The van der Waals surface area contributed by atoms with Crippen molar-refractivity contribution in [1.82, 2.24) is 20.4 Å². The third kappa shape index (κ3) is 3.97. The number of nitrogens with zero attached hydrogens (tertiary/aromatic N) is 4. The van der Waals surface area contributed by atoms with E-state index in [1.807, 2.05) is 0 Å². The maximum Gasteiger partial charge on any atom is 0.471 e. The van der Waals surface area contributed by atoms with Gasteiger partial charge in [-0.1, -0.05) is 29.4 Å². The Bertz CT molecular complexity index is 733. The zero-order chi connectivity index (χ0) is 17.0. The summed E-state index contributed by atoms with van der Waals surface area (Å²) in [5.41, 5.74) is 1.03. The predicted molar refractivity (Wildman–Crippen MR) is 70.3 cm³/mol. The molecule has 0 saturated carbocycles. The average molecular weight is 325 g/mol. The number of hydrogen-bond donors (Lipinski definition) is 1. The van der Waals surface area contributed by atoms with Crippen LogP contribution in [0.5, 0.6) is 0 Å². The highest BCUT2D eigenvalue weighted by Crippen LogP contribution is 2.29. The first-order chi connectivity index (χ1) is 10.8. The molecule has 0 spiro atoms. The fraction of sp³-hybridized carbons (Fsp3) is 0.231. The van der Waals surface area contributed by atoms with E-state index in [1.165, 1.54) is 19.2 Å². The van der Waals surface area contributed by atoms with Crippen LogP contribution < -0.4 is 5.32 Å². The number of urea groups is 1. The zero-order valence-corrected chi connectivity index (χ0v) is 11.8. The normalized spacial score (nSPS) is 10.9. The maximum absolute atomic E-state index is 12.4. The molecular formula is C13H10F3N5O2. The largest absolute Gasteiger partial charge is 0.471 e. The summed E-state index contributed by atoms with van der Waals surface area (Å²) in [5, 5.41) is 14.3. The lowest BCUT2D eigenvalue weighted by molar-refractivity contribution is -0.159. The van der Waals surface area contributed by atoms with E-state index in [0.29, 0.717) is 11.1 Å². The summed E-state index contributed by atoms with van der Waals surface area (Å²) >= 11 is 0. The molecule has 0 aliphatic carbocycles. The molecule has 1 aromatic heterocycles. The summed E-state index contributed by atoms with van der Waals surface area (Å²) in [5.74, 6) is -1.60. The van der Waals surface area contributed by atoms with Gasteiger partial charge in [0.05, 0.1) is 0 Å². The van der Waals surface area contributed by atoms with Crippen LogP contribution in [0.15, 0.2) is 28.8 Å². The molecule has 1 aromatic carbocycles. The smallest absolute Gasteiger partial charge is 0.333 e. The molecule has 0 atom stereocenters. The fourth-order valence-electron chi connectivity index (χ4n) is 1.57. The van der Waals surface area contributed by atoms with E-state index in [9.17, 15) is 18.0 Å². The van der Waals surface area contributed by atoms with Crippen molar-refractivity contribution in [3.63, 3.8) is 0 Å². The molecule has 23 heavy (non-hydrogen) atoms. The Labute approximate surface area is 128 Å². The minimum absolute atomic E-state index is 0.158. The van der Waals surface area contributed by atoms with Crippen LogP contribution in [0.4, 0.5) is 18.0 Å². The van der Waals surface area contributed by atoms with E-state index >= 15 is 0 Å². The molecule has 0 bridgehead atoms. The van der Waals surface area contributed by atoms with Crippen LogP contribution in [0.25, 0.3) is 11.4 Å². The lowest BCUT2D eigenvalue weighted by Crippen LogP contribution is -2.33. The molecule has 0 radical (unpaired) electrons. The van der Waals surface area contributed by atoms with Crippen molar-refractivity contribution in [3.8, 4) is 17.6 Å². The SMILES string of the molecule is CN(C#N)C(=O)NCc1ccc(-c2noc(C(F)(F)F)n2)cc1. The molecule has 0 aliphatic heterocycles. The Balaban J connectivity index is 2.04. The Morgan fingerprint density at radius 3 is 2.57 bits per heavy atom. The molecule has 0 unspecified atom stereocenters. The van der Waals surface area contributed by atoms with E-state index in [-0.39, 0.29) is 12.4 Å². The molecule has 2 aromatic rings. The van der Waals surface area contributed by atoms with Gasteiger partial charge < -0.3 is 9.84 Å². The van der Waals surface area contributed by atoms with Gasteiger partial charge in [0.2, 0.25) is 5.82 Å². The molecule has 1 heterocycles. The van der Waals surface area contributed by atoms with Crippen LogP contribution in [-0.2, 0) is 12.7 Å². The van der Waals surface area contributed by atoms with Gasteiger partial charge in [-0.05, 0) is 5.56 Å². The first-order valence-electron chi connectivity index (χ1n) is 6.23. The molecular weight excluding hydrogens is 315 g/mol. The molecule has 0 aliphatic rings. The molecule has 2 rings (SSSR count). The molecule has 120 valence electrons. The van der Waals surface area contributed by atoms with Crippen LogP contribution in [0.1, 0.15) is 11.5 Å². The van der Waals surface area contributed by atoms with Crippen LogP contribution in [-0.4, -0.2) is 28.1 Å². The summed E-state index contributed by atoms with van der Waals surface area (Å²) in [4.78, 5) is 15.5. The van der Waals surface area contributed by atoms with Gasteiger partial charge in [0.1, 0.15) is 0 Å². The second-order valence-electron chi connectivity index (χ2n) is 4.44. The molecule has 0 saturated heterocycles. The van der Waals surface area contributed by atoms with Crippen molar-refractivity contribution in [2.75, 3.05) is 7.05 Å². The standard InChI is InChI=1S/C13H10F3N5O2/c1-21(7-17)12(22)18-6-8-2-4-9(5-3-8)10-19-11(23-20-10)13(14,15)16/h2-5H,6H2,1H3,(H,18,22). The average Bonchev–Trinajstić information content (AvgIpc) is 3.02. The van der Waals surface area contributed by atoms with Gasteiger partial charge in [0.25, 0.3) is 0 Å². The third-order valence-corrected chi connectivity index (χ3v) is 2.78. The van der Waals surface area contributed by atoms with Gasteiger partial charge in [-0.3, -0.25) is 0 Å². The molecule has 7 nitrogen and oxygen atoms in total. The lowest BCUT2D eigenvalue weighted by atomic mass is 10.1. The highest BCUT2D eigenvalue weighted by molar-refractivity contribution is 5.75. The van der Waals surface area contributed by atoms with Gasteiger partial charge in [-0.2, -0.15) is 23.4 Å². The van der Waals surface area contributed by atoms with Crippen molar-refractivity contribution < 1.29 is 22.5 Å². The van der Waals surface area contributed by atoms with Gasteiger partial charge in [0.15, 0.2) is 6.19 Å². The molecule has 1 N–H and O–H groups in total. The number of nitrogens with one attached hydrogen (secondary N) is 1. The van der Waals surface area contributed by atoms with Gasteiger partial charge in [0, 0.05) is 19.2 Å². The predicted octanol–water partition coefficient (Wildman–Crippen LogP) is 2.38. The van der Waals surface area contributed by atoms with Crippen molar-refractivity contribution >= 4 is 6.03 Å². The third-order valence-electron chi connectivity index (χ3n) is 2.78. The summed E-state index contributed by atoms with van der Waals surface area (Å²) in [6, 6.07) is 5.61. The number of benzene rings is 1. The first kappa shape index (κ1) is 16.3. The van der Waals surface area contributed by atoms with Crippen molar-refractivity contribution in [2.45, 2.75) is 12.7 Å². The van der Waals surface area contributed by atoms with E-state index < -0.39 is 18.1 Å². The zero-order valence-electron chi connectivity index (χ0n) is 11.8. The van der Waals surface area contributed by atoms with Gasteiger partial charge >= 0.3 is 18.1 Å². The minimum Gasteiger partial charge on any atom is -0.333 e. The number of amides is 2. The quantitative estimate of drug-likeness (QED) is 0.690. The van der Waals surface area contributed by atoms with Crippen LogP contribution in [0.3, 0.4) is 0 Å². The Morgan fingerprint density at radius 2 is 2.04 bits per heavy atom. The van der Waals surface area contributed by atoms with Gasteiger partial charge in [-0.15, -0.1) is 0 Å². The van der Waals surface area contributed by atoms with E-state index in [2.05, 4.69) is 20.0 Å². The number of halogens is 3. The Morgan fingerprint density at radius 1 is 1.39 bits per heavy atom. The van der Waals surface area contributed by atoms with Crippen molar-refractivity contribution in [1.29, 1.82) is 5.26 Å². The number of aromatic nitrogens is 2. The number of nitriles is 1. The number of alkyl halides is 3. The van der Waals surface area contributed by atoms with Crippen molar-refractivity contribution in [2.24, 2.45) is 0 Å². The number of carbonyl (C=O) groups is 1. The monoisotopic (exact) mass is 325 g/mol. The second kappa shape index (κ2) is 6.35. The summed E-state index contributed by atoms with van der Waals surface area (Å²) in [7, 11) is 1.31. The highest BCUT2D eigenvalue weighted by atomic mass is 19.4. The van der Waals surface area contributed by atoms with Crippen LogP contribution in [0, 0.1) is 11.5 Å². The minimum atomic E-state index is -4.69. The van der Waals surface area contributed by atoms with E-state index in [0.717, 1.165) is 4.90 Å². The number of rotatable bonds is 3. The summed E-state index contributed by atoms with van der Waals surface area (Å²) in [6.07, 6.45) is -3.04. The summed E-state index contributed by atoms with van der Waals surface area (Å²) in [6.45, 7) is 0.158. The fourth-order valence-corrected chi connectivity index (χ4v) is 1.57. The van der Waals surface area contributed by atoms with Crippen LogP contribution in [0.2, 0.25) is 0 Å². The topological polar surface area (TPSA) is 95.1 Å². The first-order valence-corrected chi connectivity index (χ1v) is 6.23. The van der Waals surface area contributed by atoms with Crippen molar-refractivity contribution in [3.05, 3.63) is 35.7 Å².